The third-order valence-corrected chi connectivity index (χ3v) is 13.9. The topological polar surface area (TPSA) is 24.7 Å². The highest BCUT2D eigenvalue weighted by Crippen LogP contribution is 2.19. The molecule has 0 amide bonds. The van der Waals surface area contributed by atoms with E-state index in [1.54, 1.807) is 0 Å². The van der Waals surface area contributed by atoms with Gasteiger partial charge in [-0.25, -0.2) is 0 Å². The van der Waals surface area contributed by atoms with E-state index < -0.39 is 32.3 Å². The van der Waals surface area contributed by atoms with Crippen molar-refractivity contribution >= 4 is 76.8 Å². The second-order valence-electron chi connectivity index (χ2n) is 13.0. The van der Waals surface area contributed by atoms with Gasteiger partial charge >= 0.3 is 0 Å². The highest BCUT2D eigenvalue weighted by molar-refractivity contribution is 6.94. The van der Waals surface area contributed by atoms with E-state index in [9.17, 15) is 0 Å². The lowest BCUT2D eigenvalue weighted by Crippen LogP contribution is -2.45. The van der Waals surface area contributed by atoms with E-state index in [-0.39, 0.29) is 0 Å². The molecule has 0 aliphatic rings. The van der Waals surface area contributed by atoms with Crippen molar-refractivity contribution in [2.75, 3.05) is 0 Å². The van der Waals surface area contributed by atoms with Crippen molar-refractivity contribution in [3.8, 4) is 0 Å². The van der Waals surface area contributed by atoms with Gasteiger partial charge in [0.05, 0.1) is 43.7 Å². The fraction of sp³-hybridized carbons (Fsp3) is 0.462. The van der Waals surface area contributed by atoms with E-state index in [1.807, 2.05) is 12.4 Å². The Morgan fingerprint density at radius 3 is 0.844 bits per heavy atom. The summed E-state index contributed by atoms with van der Waals surface area (Å²) < 4.78 is 0. The summed E-state index contributed by atoms with van der Waals surface area (Å²) in [5, 5.41) is 5.81. The minimum Gasteiger partial charge on any atom is -0.256 e. The Morgan fingerprint density at radius 1 is 0.438 bits per heavy atom. The van der Waals surface area contributed by atoms with Crippen LogP contribution >= 0.6 is 0 Å². The number of aliphatic imine (C=N–C) groups is 2. The summed E-state index contributed by atoms with van der Waals surface area (Å²) in [5.74, 6) is 0. The van der Waals surface area contributed by atoms with Gasteiger partial charge in [-0.1, -0.05) is 115 Å². The van der Waals surface area contributed by atoms with Gasteiger partial charge < -0.3 is 0 Å². The molecule has 0 bridgehead atoms. The number of rotatable bonds is 7. The van der Waals surface area contributed by atoms with Crippen LogP contribution in [0.5, 0.6) is 0 Å². The molecule has 32 heavy (non-hydrogen) atoms. The number of hydrogen-bond donors (Lipinski definition) is 0. The monoisotopic (exact) mass is 496 g/mol. The summed E-state index contributed by atoms with van der Waals surface area (Å²) in [6, 6.07) is 13.7. The zero-order valence-corrected chi connectivity index (χ0v) is 26.5. The molecule has 0 fully saturated rings. The van der Waals surface area contributed by atoms with Gasteiger partial charge in [0.2, 0.25) is 0 Å². The lowest BCUT2D eigenvalue weighted by Gasteiger charge is -2.26. The molecule has 0 aromatic heterocycles. The van der Waals surface area contributed by atoms with E-state index in [0.717, 1.165) is 0 Å². The molecule has 2 rings (SSSR count). The van der Waals surface area contributed by atoms with Crippen LogP contribution in [-0.4, -0.2) is 44.7 Å². The van der Waals surface area contributed by atoms with Crippen molar-refractivity contribution in [2.45, 2.75) is 78.6 Å². The summed E-state index contributed by atoms with van der Waals surface area (Å²) >= 11 is 0. The highest BCUT2D eigenvalue weighted by Gasteiger charge is 2.28. The van der Waals surface area contributed by atoms with Gasteiger partial charge in [-0.2, -0.15) is 0 Å². The van der Waals surface area contributed by atoms with Crippen molar-refractivity contribution in [1.82, 2.24) is 0 Å². The third kappa shape index (κ3) is 6.59. The maximum Gasteiger partial charge on any atom is 0.0804 e. The van der Waals surface area contributed by atoms with Crippen LogP contribution in [0.25, 0.3) is 0 Å². The van der Waals surface area contributed by atoms with Gasteiger partial charge in [-0.05, 0) is 20.7 Å². The largest absolute Gasteiger partial charge is 0.256 e. The zero-order valence-electron chi connectivity index (χ0n) is 22.5. The Kier molecular flexibility index (Phi) is 7.97. The molecule has 0 aliphatic heterocycles. The second kappa shape index (κ2) is 9.49. The molecule has 0 atom stereocenters. The maximum atomic E-state index is 5.06. The molecule has 0 heterocycles. The van der Waals surface area contributed by atoms with Crippen molar-refractivity contribution in [3.63, 3.8) is 0 Å². The van der Waals surface area contributed by atoms with Crippen LogP contribution in [0.3, 0.4) is 0 Å². The molecular formula is C26H44N2Si4. The Hall–Kier alpha value is -1.35. The third-order valence-electron chi connectivity index (χ3n) is 5.78. The van der Waals surface area contributed by atoms with E-state index in [2.05, 4.69) is 115 Å². The average Bonchev–Trinajstić information content (AvgIpc) is 2.61. The van der Waals surface area contributed by atoms with Crippen LogP contribution < -0.4 is 20.7 Å². The maximum absolute atomic E-state index is 5.06. The zero-order chi connectivity index (χ0) is 24.5. The van der Waals surface area contributed by atoms with Crippen molar-refractivity contribution in [3.05, 3.63) is 36.4 Å². The molecule has 0 radical (unpaired) electrons. The Balaban J connectivity index is 2.60. The molecule has 2 nitrogen and oxygen atoms in total. The first-order valence-electron chi connectivity index (χ1n) is 11.8. The average molecular weight is 497 g/mol. The number of hydrogen-bond acceptors (Lipinski definition) is 2. The Morgan fingerprint density at radius 2 is 0.656 bits per heavy atom. The van der Waals surface area contributed by atoms with E-state index >= 15 is 0 Å². The molecule has 6 heteroatoms. The molecule has 0 saturated carbocycles. The predicted molar refractivity (Wildman–Crippen MR) is 161 cm³/mol. The lowest BCUT2D eigenvalue weighted by molar-refractivity contribution is 1.54. The first-order valence-corrected chi connectivity index (χ1v) is 25.8. The molecular weight excluding hydrogens is 453 g/mol. The molecule has 2 aromatic rings. The molecule has 2 aromatic carbocycles. The molecule has 0 saturated heterocycles. The summed E-state index contributed by atoms with van der Waals surface area (Å²) in [5.41, 5.74) is 2.42. The molecule has 0 aliphatic carbocycles. The van der Waals surface area contributed by atoms with E-state index in [1.165, 1.54) is 32.1 Å². The van der Waals surface area contributed by atoms with Gasteiger partial charge in [0, 0.05) is 12.4 Å². The summed E-state index contributed by atoms with van der Waals surface area (Å²) in [6.07, 6.45) is 3.88. The van der Waals surface area contributed by atoms with E-state index in [0.29, 0.717) is 0 Å². The fourth-order valence-corrected chi connectivity index (χ4v) is 10.3. The van der Waals surface area contributed by atoms with Crippen molar-refractivity contribution in [2.24, 2.45) is 9.98 Å². The SMILES string of the molecule is C[Si](C)(C)c1cccc([Si](C)(C)C)c1N=CC=Nc1c([Si](C)(C)C)cccc1[Si](C)(C)C. The van der Waals surface area contributed by atoms with Gasteiger partial charge in [0.1, 0.15) is 0 Å². The summed E-state index contributed by atoms with van der Waals surface area (Å²) in [4.78, 5) is 10.1. The van der Waals surface area contributed by atoms with Crippen molar-refractivity contribution < 1.29 is 0 Å². The van der Waals surface area contributed by atoms with Crippen LogP contribution in [0.4, 0.5) is 11.4 Å². The molecule has 0 spiro atoms. The van der Waals surface area contributed by atoms with E-state index in [4.69, 9.17) is 9.98 Å². The number of nitrogens with zero attached hydrogens (tertiary/aromatic N) is 2. The fourth-order valence-electron chi connectivity index (χ4n) is 4.00. The summed E-state index contributed by atoms with van der Waals surface area (Å²) in [7, 11) is -6.02. The van der Waals surface area contributed by atoms with Crippen LogP contribution in [0.2, 0.25) is 78.6 Å². The Bertz CT molecular complexity index is 864. The second-order valence-corrected chi connectivity index (χ2v) is 33.1. The van der Waals surface area contributed by atoms with Crippen LogP contribution in [0, 0.1) is 0 Å². The predicted octanol–water partition coefficient (Wildman–Crippen LogP) is 5.97. The Labute approximate surface area is 201 Å². The molecule has 0 unspecified atom stereocenters. The minimum atomic E-state index is -1.50. The number of benzene rings is 2. The smallest absolute Gasteiger partial charge is 0.0804 e. The first kappa shape index (κ1) is 26.9. The van der Waals surface area contributed by atoms with Crippen LogP contribution in [0.15, 0.2) is 46.4 Å². The standard InChI is InChI=1S/C26H44N2Si4/c1-29(2,3)21-15-13-16-22(30(4,5)6)25(21)27-19-20-28-26-23(31(7,8)9)17-14-18-24(26)32(10,11)12/h13-20H,1-12H3. The first-order chi connectivity index (χ1) is 14.4. The van der Waals surface area contributed by atoms with Gasteiger partial charge in [0.25, 0.3) is 0 Å². The van der Waals surface area contributed by atoms with Crippen molar-refractivity contribution in [1.29, 1.82) is 0 Å². The van der Waals surface area contributed by atoms with Gasteiger partial charge in [-0.15, -0.1) is 0 Å². The lowest BCUT2D eigenvalue weighted by atomic mass is 10.3. The normalized spacial score (nSPS) is 14.0. The molecule has 174 valence electrons. The minimum absolute atomic E-state index is 1.21. The van der Waals surface area contributed by atoms with Crippen LogP contribution in [0.1, 0.15) is 0 Å². The van der Waals surface area contributed by atoms with Gasteiger partial charge in [0.15, 0.2) is 0 Å². The number of para-hydroxylation sites is 2. The summed E-state index contributed by atoms with van der Waals surface area (Å²) in [6.45, 7) is 28.9. The van der Waals surface area contributed by atoms with Gasteiger partial charge in [-0.3, -0.25) is 9.98 Å². The highest BCUT2D eigenvalue weighted by atomic mass is 28.3. The van der Waals surface area contributed by atoms with Crippen LogP contribution in [-0.2, 0) is 0 Å². The quantitative estimate of drug-likeness (QED) is 0.333. The molecule has 0 N–H and O–H groups in total.